The molecule has 3 aromatic rings. The Morgan fingerprint density at radius 2 is 2.04 bits per heavy atom. The summed E-state index contributed by atoms with van der Waals surface area (Å²) >= 11 is 4.29. The molecule has 3 heterocycles. The van der Waals surface area contributed by atoms with E-state index in [0.29, 0.717) is 10.7 Å². The van der Waals surface area contributed by atoms with Crippen LogP contribution in [-0.2, 0) is 9.53 Å². The van der Waals surface area contributed by atoms with Crippen LogP contribution in [0, 0.1) is 20.8 Å². The topological polar surface area (TPSA) is 69.2 Å². The van der Waals surface area contributed by atoms with E-state index in [4.69, 9.17) is 4.74 Å². The maximum atomic E-state index is 12.0. The van der Waals surface area contributed by atoms with Gasteiger partial charge in [0, 0.05) is 10.3 Å². The van der Waals surface area contributed by atoms with E-state index in [2.05, 4.69) is 16.9 Å². The van der Waals surface area contributed by atoms with Gasteiger partial charge in [-0.1, -0.05) is 17.8 Å². The van der Waals surface area contributed by atoms with Crippen LogP contribution in [0.3, 0.4) is 0 Å². The first-order valence-electron chi connectivity index (χ1n) is 7.55. The molecule has 0 aliphatic heterocycles. The fourth-order valence-electron chi connectivity index (χ4n) is 2.24. The van der Waals surface area contributed by atoms with E-state index in [-0.39, 0.29) is 18.1 Å². The molecular weight excluding hydrogens is 376 g/mol. The highest BCUT2D eigenvalue weighted by atomic mass is 32.2. The van der Waals surface area contributed by atoms with E-state index in [9.17, 15) is 9.59 Å². The molecule has 0 atom stereocenters. The van der Waals surface area contributed by atoms with E-state index in [1.54, 1.807) is 23.5 Å². The fraction of sp³-hybridized carbons (Fsp3) is 0.294. The number of aromatic nitrogens is 2. The zero-order chi connectivity index (χ0) is 18.0. The minimum absolute atomic E-state index is 0.109. The second kappa shape index (κ2) is 7.63. The summed E-state index contributed by atoms with van der Waals surface area (Å²) in [5.74, 6) is 0.178. The van der Waals surface area contributed by atoms with Crippen LogP contribution in [0.5, 0.6) is 0 Å². The highest BCUT2D eigenvalue weighted by molar-refractivity contribution is 8.00. The summed E-state index contributed by atoms with van der Waals surface area (Å²) in [6.45, 7) is 5.70. The van der Waals surface area contributed by atoms with Crippen LogP contribution >= 0.6 is 34.4 Å². The van der Waals surface area contributed by atoms with Crippen LogP contribution in [-0.4, -0.2) is 34.1 Å². The van der Waals surface area contributed by atoms with Gasteiger partial charge in [0.2, 0.25) is 5.78 Å². The number of esters is 1. The zero-order valence-electron chi connectivity index (χ0n) is 14.0. The lowest BCUT2D eigenvalue weighted by Gasteiger charge is -2.06. The third-order valence-corrected chi connectivity index (χ3v) is 6.56. The summed E-state index contributed by atoms with van der Waals surface area (Å²) in [5.41, 5.74) is 1.14. The molecule has 0 aromatic carbocycles. The van der Waals surface area contributed by atoms with Gasteiger partial charge in [-0.25, -0.2) is 9.97 Å². The van der Waals surface area contributed by atoms with Crippen molar-refractivity contribution in [2.45, 2.75) is 25.8 Å². The van der Waals surface area contributed by atoms with Gasteiger partial charge in [-0.15, -0.1) is 22.7 Å². The number of fused-ring (bicyclic) bond motifs is 1. The van der Waals surface area contributed by atoms with Gasteiger partial charge in [0.25, 0.3) is 0 Å². The third-order valence-electron chi connectivity index (χ3n) is 3.59. The monoisotopic (exact) mass is 392 g/mol. The number of ketones is 1. The molecule has 0 radical (unpaired) electrons. The minimum Gasteiger partial charge on any atom is -0.457 e. The number of rotatable bonds is 6. The second-order valence-electron chi connectivity index (χ2n) is 5.39. The Balaban J connectivity index is 1.64. The van der Waals surface area contributed by atoms with Gasteiger partial charge in [0.1, 0.15) is 15.7 Å². The number of ether oxygens (including phenoxy) is 1. The molecule has 0 saturated heterocycles. The van der Waals surface area contributed by atoms with Crippen LogP contribution < -0.4 is 0 Å². The Kier molecular flexibility index (Phi) is 5.51. The summed E-state index contributed by atoms with van der Waals surface area (Å²) < 4.78 is 5.08. The quantitative estimate of drug-likeness (QED) is 0.271. The van der Waals surface area contributed by atoms with Gasteiger partial charge in [-0.2, -0.15) is 0 Å². The van der Waals surface area contributed by atoms with Crippen molar-refractivity contribution in [3.05, 3.63) is 38.7 Å². The Hall–Kier alpha value is -1.77. The molecule has 0 unspecified atom stereocenters. The maximum Gasteiger partial charge on any atom is 0.316 e. The Labute approximate surface area is 157 Å². The van der Waals surface area contributed by atoms with Crippen LogP contribution in [0.25, 0.3) is 10.2 Å². The van der Waals surface area contributed by atoms with E-state index in [1.165, 1.54) is 28.0 Å². The van der Waals surface area contributed by atoms with Gasteiger partial charge < -0.3 is 4.74 Å². The molecule has 3 aromatic heterocycles. The number of hydrogen-bond donors (Lipinski definition) is 0. The van der Waals surface area contributed by atoms with E-state index in [0.717, 1.165) is 20.8 Å². The molecular formula is C17H16N2O3S3. The first-order chi connectivity index (χ1) is 12.0. The van der Waals surface area contributed by atoms with Crippen molar-refractivity contribution < 1.29 is 14.3 Å². The lowest BCUT2D eigenvalue weighted by molar-refractivity contribution is -0.139. The summed E-state index contributed by atoms with van der Waals surface area (Å²) in [6, 6.07) is 3.51. The van der Waals surface area contributed by atoms with Gasteiger partial charge in [-0.3, -0.25) is 9.59 Å². The first-order valence-corrected chi connectivity index (χ1v) is 10.2. The van der Waals surface area contributed by atoms with Crippen molar-refractivity contribution in [3.8, 4) is 0 Å². The van der Waals surface area contributed by atoms with Crippen LogP contribution in [0.1, 0.15) is 25.9 Å². The number of Topliss-reactive ketones (excluding diaryl/α,β-unsaturated/α-hetero) is 1. The number of thiophene rings is 2. The SMILES string of the molecule is Cc1nc(SCC(=O)OCC(=O)c2cccs2)c2c(C)c(C)sc2n1. The molecule has 0 bridgehead atoms. The third kappa shape index (κ3) is 4.08. The Morgan fingerprint density at radius 3 is 2.76 bits per heavy atom. The average molecular weight is 393 g/mol. The first kappa shape index (κ1) is 18.0. The molecule has 130 valence electrons. The van der Waals surface area contributed by atoms with Crippen molar-refractivity contribution in [3.63, 3.8) is 0 Å². The molecule has 3 rings (SSSR count). The molecule has 0 N–H and O–H groups in total. The van der Waals surface area contributed by atoms with Crippen LogP contribution in [0.2, 0.25) is 0 Å². The molecule has 8 heteroatoms. The number of thioether (sulfide) groups is 1. The van der Waals surface area contributed by atoms with Gasteiger partial charge in [0.05, 0.1) is 10.6 Å². The van der Waals surface area contributed by atoms with Crippen molar-refractivity contribution in [2.24, 2.45) is 0 Å². The van der Waals surface area contributed by atoms with Gasteiger partial charge in [-0.05, 0) is 37.8 Å². The van der Waals surface area contributed by atoms with Crippen LogP contribution in [0.4, 0.5) is 0 Å². The lowest BCUT2D eigenvalue weighted by atomic mass is 10.2. The molecule has 0 fully saturated rings. The average Bonchev–Trinajstić information content (AvgIpc) is 3.19. The predicted octanol–water partition coefficient (Wildman–Crippen LogP) is 4.20. The summed E-state index contributed by atoms with van der Waals surface area (Å²) in [7, 11) is 0. The zero-order valence-corrected chi connectivity index (χ0v) is 16.4. The number of carbonyl (C=O) groups excluding carboxylic acids is 2. The maximum absolute atomic E-state index is 12.0. The summed E-state index contributed by atoms with van der Waals surface area (Å²) in [5, 5.41) is 3.60. The molecule has 0 spiro atoms. The second-order valence-corrected chi connectivity index (χ2v) is 8.50. The largest absolute Gasteiger partial charge is 0.457 e. The van der Waals surface area contributed by atoms with E-state index < -0.39 is 5.97 Å². The van der Waals surface area contributed by atoms with Crippen molar-refractivity contribution in [1.82, 2.24) is 9.97 Å². The normalized spacial score (nSPS) is 11.0. The fourth-order valence-corrected chi connectivity index (χ4v) is 4.96. The number of hydrogen-bond acceptors (Lipinski definition) is 8. The molecule has 0 saturated carbocycles. The Bertz CT molecular complexity index is 932. The summed E-state index contributed by atoms with van der Waals surface area (Å²) in [4.78, 5) is 35.5. The minimum atomic E-state index is -0.427. The smallest absolute Gasteiger partial charge is 0.316 e. The number of aryl methyl sites for hydroxylation is 3. The predicted molar refractivity (Wildman–Crippen MR) is 102 cm³/mol. The summed E-state index contributed by atoms with van der Waals surface area (Å²) in [6.07, 6.45) is 0. The molecule has 5 nitrogen and oxygen atoms in total. The van der Waals surface area contributed by atoms with E-state index >= 15 is 0 Å². The van der Waals surface area contributed by atoms with Crippen LogP contribution in [0.15, 0.2) is 22.5 Å². The standard InChI is InChI=1S/C17H16N2O3S3/c1-9-10(2)25-17-15(9)16(18-11(3)19-17)24-8-14(21)22-7-12(20)13-5-4-6-23-13/h4-6H,7-8H2,1-3H3. The van der Waals surface area contributed by atoms with Crippen molar-refractivity contribution in [2.75, 3.05) is 12.4 Å². The van der Waals surface area contributed by atoms with Gasteiger partial charge in [0.15, 0.2) is 6.61 Å². The lowest BCUT2D eigenvalue weighted by Crippen LogP contribution is -2.14. The van der Waals surface area contributed by atoms with Crippen molar-refractivity contribution in [1.29, 1.82) is 0 Å². The highest BCUT2D eigenvalue weighted by Gasteiger charge is 2.16. The molecule has 0 aliphatic carbocycles. The van der Waals surface area contributed by atoms with Crippen molar-refractivity contribution >= 4 is 56.4 Å². The molecule has 0 aliphatic rings. The Morgan fingerprint density at radius 1 is 1.24 bits per heavy atom. The highest BCUT2D eigenvalue weighted by Crippen LogP contribution is 2.35. The molecule has 25 heavy (non-hydrogen) atoms. The van der Waals surface area contributed by atoms with E-state index in [1.807, 2.05) is 19.2 Å². The van der Waals surface area contributed by atoms with Gasteiger partial charge >= 0.3 is 5.97 Å². The molecule has 0 amide bonds. The number of carbonyl (C=O) groups is 2. The number of nitrogens with zero attached hydrogens (tertiary/aromatic N) is 2.